The van der Waals surface area contributed by atoms with Crippen molar-refractivity contribution in [2.45, 2.75) is 30.3 Å². The smallest absolute Gasteiger partial charge is 0.243 e. The number of benzene rings is 2. The number of rotatable bonds is 8. The SMILES string of the molecule is Cn1cc(S(=O)(=O)NCCOc2ccc3c(c2)C(C)(Cc2ccccc2)NC3)cn1. The molecule has 4 rings (SSSR count). The van der Waals surface area contributed by atoms with Crippen molar-refractivity contribution in [1.29, 1.82) is 0 Å². The molecule has 1 aromatic heterocycles. The highest BCUT2D eigenvalue weighted by molar-refractivity contribution is 7.89. The monoisotopic (exact) mass is 426 g/mol. The van der Waals surface area contributed by atoms with Crippen LogP contribution in [0.1, 0.15) is 23.6 Å². The maximum atomic E-state index is 12.2. The fraction of sp³-hybridized carbons (Fsp3) is 0.318. The van der Waals surface area contributed by atoms with E-state index in [1.165, 1.54) is 33.8 Å². The quantitative estimate of drug-likeness (QED) is 0.540. The lowest BCUT2D eigenvalue weighted by atomic mass is 9.86. The van der Waals surface area contributed by atoms with Crippen molar-refractivity contribution in [3.63, 3.8) is 0 Å². The molecule has 2 heterocycles. The summed E-state index contributed by atoms with van der Waals surface area (Å²) in [5, 5.41) is 7.52. The molecule has 1 aliphatic rings. The van der Waals surface area contributed by atoms with Gasteiger partial charge >= 0.3 is 0 Å². The van der Waals surface area contributed by atoms with E-state index >= 15 is 0 Å². The van der Waals surface area contributed by atoms with Crippen LogP contribution in [0, 0.1) is 0 Å². The van der Waals surface area contributed by atoms with Crippen molar-refractivity contribution in [2.24, 2.45) is 7.05 Å². The van der Waals surface area contributed by atoms with E-state index in [4.69, 9.17) is 4.74 Å². The number of fused-ring (bicyclic) bond motifs is 1. The first kappa shape index (κ1) is 20.6. The van der Waals surface area contributed by atoms with E-state index in [1.54, 1.807) is 7.05 Å². The van der Waals surface area contributed by atoms with Gasteiger partial charge in [-0.05, 0) is 42.2 Å². The molecule has 2 aromatic carbocycles. The van der Waals surface area contributed by atoms with Gasteiger partial charge in [-0.25, -0.2) is 13.1 Å². The molecule has 0 aliphatic carbocycles. The molecule has 0 fully saturated rings. The number of hydrogen-bond acceptors (Lipinski definition) is 5. The maximum absolute atomic E-state index is 12.2. The summed E-state index contributed by atoms with van der Waals surface area (Å²) in [6.45, 7) is 3.44. The summed E-state index contributed by atoms with van der Waals surface area (Å²) in [5.41, 5.74) is 3.59. The van der Waals surface area contributed by atoms with Crippen molar-refractivity contribution in [3.05, 3.63) is 77.6 Å². The van der Waals surface area contributed by atoms with Crippen LogP contribution in [0.3, 0.4) is 0 Å². The van der Waals surface area contributed by atoms with Crippen molar-refractivity contribution in [3.8, 4) is 5.75 Å². The lowest BCUT2D eigenvalue weighted by molar-refractivity contribution is 0.321. The average Bonchev–Trinajstić information content (AvgIpc) is 3.31. The highest BCUT2D eigenvalue weighted by Crippen LogP contribution is 2.36. The number of aryl methyl sites for hydroxylation is 1. The number of nitrogens with one attached hydrogen (secondary N) is 2. The number of nitrogens with zero attached hydrogens (tertiary/aromatic N) is 2. The Morgan fingerprint density at radius 2 is 2.03 bits per heavy atom. The van der Waals surface area contributed by atoms with Gasteiger partial charge in [-0.2, -0.15) is 5.10 Å². The zero-order valence-electron chi connectivity index (χ0n) is 17.1. The van der Waals surface area contributed by atoms with Crippen LogP contribution in [0.2, 0.25) is 0 Å². The molecule has 30 heavy (non-hydrogen) atoms. The van der Waals surface area contributed by atoms with Gasteiger partial charge in [-0.3, -0.25) is 4.68 Å². The topological polar surface area (TPSA) is 85.2 Å². The highest BCUT2D eigenvalue weighted by Gasteiger charge is 2.34. The standard InChI is InChI=1S/C22H26N4O3S/c1-22(13-17-6-4-3-5-7-17)21-12-19(9-8-18(21)14-23-22)29-11-10-25-30(27,28)20-15-24-26(2)16-20/h3-9,12,15-16,23,25H,10-11,13-14H2,1-2H3. The summed E-state index contributed by atoms with van der Waals surface area (Å²) in [7, 11) is -1.90. The van der Waals surface area contributed by atoms with Crippen LogP contribution < -0.4 is 14.8 Å². The Kier molecular flexibility index (Phi) is 5.64. The Labute approximate surface area is 177 Å². The van der Waals surface area contributed by atoms with Crippen molar-refractivity contribution in [2.75, 3.05) is 13.2 Å². The first-order valence-corrected chi connectivity index (χ1v) is 11.4. The number of aromatic nitrogens is 2. The fourth-order valence-electron chi connectivity index (χ4n) is 3.83. The molecule has 0 amide bonds. The lowest BCUT2D eigenvalue weighted by Gasteiger charge is -2.26. The third-order valence-electron chi connectivity index (χ3n) is 5.40. The molecule has 2 N–H and O–H groups in total. The molecule has 1 unspecified atom stereocenters. The van der Waals surface area contributed by atoms with Gasteiger partial charge in [0.25, 0.3) is 0 Å². The van der Waals surface area contributed by atoms with Gasteiger partial charge in [0.2, 0.25) is 10.0 Å². The predicted molar refractivity (Wildman–Crippen MR) is 115 cm³/mol. The van der Waals surface area contributed by atoms with E-state index < -0.39 is 10.0 Å². The molecule has 1 aliphatic heterocycles. The minimum absolute atomic E-state index is 0.144. The molecular weight excluding hydrogens is 400 g/mol. The minimum atomic E-state index is -3.58. The largest absolute Gasteiger partial charge is 0.492 e. The van der Waals surface area contributed by atoms with Crippen molar-refractivity contribution in [1.82, 2.24) is 19.8 Å². The Morgan fingerprint density at radius 3 is 2.77 bits per heavy atom. The van der Waals surface area contributed by atoms with Crippen LogP contribution in [0.25, 0.3) is 0 Å². The molecule has 0 bridgehead atoms. The van der Waals surface area contributed by atoms with Gasteiger partial charge < -0.3 is 10.1 Å². The fourth-order valence-corrected chi connectivity index (χ4v) is 4.82. The Morgan fingerprint density at radius 1 is 1.23 bits per heavy atom. The summed E-state index contributed by atoms with van der Waals surface area (Å²) in [6.07, 6.45) is 3.67. The first-order chi connectivity index (χ1) is 14.4. The third-order valence-corrected chi connectivity index (χ3v) is 6.82. The van der Waals surface area contributed by atoms with Crippen molar-refractivity contribution < 1.29 is 13.2 Å². The van der Waals surface area contributed by atoms with Crippen LogP contribution in [-0.2, 0) is 35.6 Å². The van der Waals surface area contributed by atoms with E-state index in [9.17, 15) is 8.42 Å². The second-order valence-corrected chi connectivity index (χ2v) is 9.53. The third kappa shape index (κ3) is 4.40. The van der Waals surface area contributed by atoms with Crippen LogP contribution in [0.15, 0.2) is 65.8 Å². The van der Waals surface area contributed by atoms with Crippen LogP contribution in [0.5, 0.6) is 5.75 Å². The Bertz CT molecular complexity index is 1130. The van der Waals surface area contributed by atoms with E-state index in [0.29, 0.717) is 0 Å². The molecule has 3 aromatic rings. The van der Waals surface area contributed by atoms with E-state index in [1.807, 2.05) is 12.1 Å². The molecule has 7 nitrogen and oxygen atoms in total. The number of hydrogen-bond donors (Lipinski definition) is 2. The van der Waals surface area contributed by atoms with Gasteiger partial charge in [0.1, 0.15) is 17.3 Å². The molecule has 0 saturated carbocycles. The van der Waals surface area contributed by atoms with Crippen molar-refractivity contribution >= 4 is 10.0 Å². The first-order valence-electron chi connectivity index (χ1n) is 9.89. The van der Waals surface area contributed by atoms with E-state index in [2.05, 4.69) is 58.5 Å². The van der Waals surface area contributed by atoms with Crippen LogP contribution in [0.4, 0.5) is 0 Å². The summed E-state index contributed by atoms with van der Waals surface area (Å²) >= 11 is 0. The van der Waals surface area contributed by atoms with Gasteiger partial charge in [0.05, 0.1) is 6.20 Å². The number of sulfonamides is 1. The minimum Gasteiger partial charge on any atom is -0.492 e. The van der Waals surface area contributed by atoms with Crippen LogP contribution >= 0.6 is 0 Å². The molecule has 0 spiro atoms. The normalized spacial score (nSPS) is 18.3. The lowest BCUT2D eigenvalue weighted by Crippen LogP contribution is -2.35. The average molecular weight is 427 g/mol. The zero-order chi connectivity index (χ0) is 21.2. The second-order valence-electron chi connectivity index (χ2n) is 7.76. The molecule has 0 radical (unpaired) electrons. The van der Waals surface area contributed by atoms with Gasteiger partial charge in [0.15, 0.2) is 0 Å². The summed E-state index contributed by atoms with van der Waals surface area (Å²) in [6, 6.07) is 16.5. The Hall–Kier alpha value is -2.68. The predicted octanol–water partition coefficient (Wildman–Crippen LogP) is 2.34. The maximum Gasteiger partial charge on any atom is 0.243 e. The van der Waals surface area contributed by atoms with Gasteiger partial charge in [-0.1, -0.05) is 36.4 Å². The Balaban J connectivity index is 1.38. The zero-order valence-corrected chi connectivity index (χ0v) is 17.9. The molecule has 158 valence electrons. The van der Waals surface area contributed by atoms with E-state index in [-0.39, 0.29) is 23.6 Å². The molecule has 1 atom stereocenters. The summed E-state index contributed by atoms with van der Waals surface area (Å²) in [5.74, 6) is 0.734. The number of ether oxygens (including phenoxy) is 1. The highest BCUT2D eigenvalue weighted by atomic mass is 32.2. The van der Waals surface area contributed by atoms with Gasteiger partial charge in [-0.15, -0.1) is 0 Å². The van der Waals surface area contributed by atoms with Gasteiger partial charge in [0, 0.05) is 31.9 Å². The molecule has 8 heteroatoms. The summed E-state index contributed by atoms with van der Waals surface area (Å²) in [4.78, 5) is 0.144. The van der Waals surface area contributed by atoms with Crippen LogP contribution in [-0.4, -0.2) is 31.3 Å². The summed E-state index contributed by atoms with van der Waals surface area (Å²) < 4.78 is 34.3. The molecule has 0 saturated heterocycles. The molecular formula is C22H26N4O3S. The second kappa shape index (κ2) is 8.22. The van der Waals surface area contributed by atoms with E-state index in [0.717, 1.165) is 18.7 Å².